The maximum Gasteiger partial charge on any atom is 0.317 e. The Morgan fingerprint density at radius 2 is 1.88 bits per heavy atom. The third-order valence-electron chi connectivity index (χ3n) is 3.97. The highest BCUT2D eigenvalue weighted by molar-refractivity contribution is 5.73. The summed E-state index contributed by atoms with van der Waals surface area (Å²) in [6.07, 6.45) is 0. The lowest BCUT2D eigenvalue weighted by Gasteiger charge is -2.18. The highest BCUT2D eigenvalue weighted by Gasteiger charge is 2.11. The van der Waals surface area contributed by atoms with Gasteiger partial charge in [-0.15, -0.1) is 0 Å². The van der Waals surface area contributed by atoms with Crippen LogP contribution >= 0.6 is 0 Å². The van der Waals surface area contributed by atoms with Crippen molar-refractivity contribution in [3.8, 4) is 5.75 Å². The zero-order valence-corrected chi connectivity index (χ0v) is 15.2. The van der Waals surface area contributed by atoms with Crippen molar-refractivity contribution in [3.05, 3.63) is 63.1 Å². The van der Waals surface area contributed by atoms with Gasteiger partial charge in [0.15, 0.2) is 0 Å². The Morgan fingerprint density at radius 3 is 2.52 bits per heavy atom. The van der Waals surface area contributed by atoms with E-state index in [1.165, 1.54) is 10.5 Å². The number of hydrogen-bond donors (Lipinski definition) is 2. The number of nitrogens with one attached hydrogen (secondary N) is 2. The zero-order valence-electron chi connectivity index (χ0n) is 15.2. The summed E-state index contributed by atoms with van der Waals surface area (Å²) in [5.41, 5.74) is 3.26. The van der Waals surface area contributed by atoms with Gasteiger partial charge in [0.25, 0.3) is 5.56 Å². The lowest BCUT2D eigenvalue weighted by atomic mass is 10.1. The normalized spacial score (nSPS) is 10.4. The summed E-state index contributed by atoms with van der Waals surface area (Å²) >= 11 is 0. The predicted octanol–water partition coefficient (Wildman–Crippen LogP) is 2.52. The standard InChI is InChI=1S/C19H25N3O3/c1-13-5-7-16(8-6-13)25-10-9-22(4)19(24)20-12-17-14(2)11-15(3)21-18(17)23/h5-8,11H,9-10,12H2,1-4H3,(H,20,24)(H,21,23). The molecule has 6 heteroatoms. The molecule has 0 spiro atoms. The molecule has 1 heterocycles. The Bertz CT molecular complexity index is 781. The van der Waals surface area contributed by atoms with Crippen molar-refractivity contribution in [2.75, 3.05) is 20.2 Å². The summed E-state index contributed by atoms with van der Waals surface area (Å²) in [6.45, 7) is 6.76. The number of hydrogen-bond acceptors (Lipinski definition) is 3. The van der Waals surface area contributed by atoms with Gasteiger partial charge < -0.3 is 19.9 Å². The molecule has 6 nitrogen and oxygen atoms in total. The number of aromatic amines is 1. The van der Waals surface area contributed by atoms with Gasteiger partial charge >= 0.3 is 6.03 Å². The lowest BCUT2D eigenvalue weighted by molar-refractivity contribution is 0.195. The molecule has 0 radical (unpaired) electrons. The zero-order chi connectivity index (χ0) is 18.4. The van der Waals surface area contributed by atoms with Gasteiger partial charge in [0.2, 0.25) is 0 Å². The maximum absolute atomic E-state index is 12.1. The summed E-state index contributed by atoms with van der Waals surface area (Å²) in [6, 6.07) is 9.42. The minimum absolute atomic E-state index is 0.164. The first-order chi connectivity index (χ1) is 11.9. The summed E-state index contributed by atoms with van der Waals surface area (Å²) in [7, 11) is 1.69. The fourth-order valence-electron chi connectivity index (χ4n) is 2.44. The summed E-state index contributed by atoms with van der Waals surface area (Å²) in [5, 5.41) is 2.77. The molecule has 0 bridgehead atoms. The third-order valence-corrected chi connectivity index (χ3v) is 3.97. The first kappa shape index (κ1) is 18.6. The molecule has 1 aromatic carbocycles. The number of pyridine rings is 1. The van der Waals surface area contributed by atoms with E-state index in [1.54, 1.807) is 7.05 Å². The highest BCUT2D eigenvalue weighted by Crippen LogP contribution is 2.11. The highest BCUT2D eigenvalue weighted by atomic mass is 16.5. The number of aryl methyl sites for hydroxylation is 3. The molecule has 2 amide bonds. The molecule has 2 aromatic rings. The van der Waals surface area contributed by atoms with Crippen LogP contribution in [0.5, 0.6) is 5.75 Å². The predicted molar refractivity (Wildman–Crippen MR) is 98.1 cm³/mol. The fourth-order valence-corrected chi connectivity index (χ4v) is 2.44. The average Bonchev–Trinajstić information content (AvgIpc) is 2.55. The van der Waals surface area contributed by atoms with Crippen LogP contribution in [0.4, 0.5) is 4.79 Å². The molecule has 0 aliphatic rings. The number of H-pyrrole nitrogens is 1. The number of amides is 2. The van der Waals surface area contributed by atoms with Crippen LogP contribution < -0.4 is 15.6 Å². The summed E-state index contributed by atoms with van der Waals surface area (Å²) in [5.74, 6) is 0.779. The van der Waals surface area contributed by atoms with Crippen molar-refractivity contribution in [2.24, 2.45) is 0 Å². The number of likely N-dealkylation sites (N-methyl/N-ethyl adjacent to an activating group) is 1. The number of ether oxygens (including phenoxy) is 1. The van der Waals surface area contributed by atoms with E-state index in [-0.39, 0.29) is 18.1 Å². The van der Waals surface area contributed by atoms with Gasteiger partial charge in [-0.25, -0.2) is 4.79 Å². The monoisotopic (exact) mass is 343 g/mol. The van der Waals surface area contributed by atoms with E-state index in [0.717, 1.165) is 17.0 Å². The molecule has 1 aromatic heterocycles. The SMILES string of the molecule is Cc1ccc(OCCN(C)C(=O)NCc2c(C)cc(C)[nH]c2=O)cc1. The van der Waals surface area contributed by atoms with E-state index in [9.17, 15) is 9.59 Å². The van der Waals surface area contributed by atoms with Gasteiger partial charge in [-0.05, 0) is 44.5 Å². The first-order valence-electron chi connectivity index (χ1n) is 8.24. The molecule has 25 heavy (non-hydrogen) atoms. The smallest absolute Gasteiger partial charge is 0.317 e. The van der Waals surface area contributed by atoms with E-state index < -0.39 is 0 Å². The van der Waals surface area contributed by atoms with E-state index in [2.05, 4.69) is 10.3 Å². The second-order valence-electron chi connectivity index (χ2n) is 6.18. The number of carbonyl (C=O) groups is 1. The van der Waals surface area contributed by atoms with Gasteiger partial charge in [0, 0.05) is 18.3 Å². The molecule has 134 valence electrons. The topological polar surface area (TPSA) is 74.4 Å². The largest absolute Gasteiger partial charge is 0.492 e. The van der Waals surface area contributed by atoms with Gasteiger partial charge in [0.05, 0.1) is 13.1 Å². The molecular formula is C19H25N3O3. The van der Waals surface area contributed by atoms with Gasteiger partial charge in [-0.3, -0.25) is 4.79 Å². The molecule has 0 unspecified atom stereocenters. The number of urea groups is 1. The van der Waals surface area contributed by atoms with Crippen LogP contribution in [0.15, 0.2) is 35.1 Å². The van der Waals surface area contributed by atoms with Gasteiger partial charge in [0.1, 0.15) is 12.4 Å². The second kappa shape index (κ2) is 8.37. The maximum atomic E-state index is 12.1. The first-order valence-corrected chi connectivity index (χ1v) is 8.24. The molecule has 2 N–H and O–H groups in total. The second-order valence-corrected chi connectivity index (χ2v) is 6.18. The van der Waals surface area contributed by atoms with Crippen LogP contribution in [0.2, 0.25) is 0 Å². The number of rotatable bonds is 6. The van der Waals surface area contributed by atoms with Gasteiger partial charge in [-0.2, -0.15) is 0 Å². The number of carbonyl (C=O) groups excluding carboxylic acids is 1. The quantitative estimate of drug-likeness (QED) is 0.846. The van der Waals surface area contributed by atoms with Gasteiger partial charge in [-0.1, -0.05) is 17.7 Å². The minimum Gasteiger partial charge on any atom is -0.492 e. The Labute approximate surface area is 147 Å². The van der Waals surface area contributed by atoms with E-state index in [0.29, 0.717) is 18.7 Å². The molecule has 0 fully saturated rings. The van der Waals surface area contributed by atoms with Crippen molar-refractivity contribution in [1.29, 1.82) is 0 Å². The Morgan fingerprint density at radius 1 is 1.20 bits per heavy atom. The van der Waals surface area contributed by atoms with E-state index >= 15 is 0 Å². The van der Waals surface area contributed by atoms with Crippen LogP contribution in [0.1, 0.15) is 22.4 Å². The van der Waals surface area contributed by atoms with Crippen LogP contribution in [-0.4, -0.2) is 36.1 Å². The summed E-state index contributed by atoms with van der Waals surface area (Å²) < 4.78 is 5.62. The molecule has 0 saturated carbocycles. The summed E-state index contributed by atoms with van der Waals surface area (Å²) in [4.78, 5) is 28.4. The molecule has 0 saturated heterocycles. The van der Waals surface area contributed by atoms with Crippen LogP contribution in [0.25, 0.3) is 0 Å². The Kier molecular flexibility index (Phi) is 6.22. The molecule has 0 atom stereocenters. The van der Waals surface area contributed by atoms with Crippen molar-refractivity contribution in [1.82, 2.24) is 15.2 Å². The van der Waals surface area contributed by atoms with Crippen molar-refractivity contribution < 1.29 is 9.53 Å². The third kappa shape index (κ3) is 5.38. The molecule has 2 rings (SSSR count). The van der Waals surface area contributed by atoms with Crippen molar-refractivity contribution in [3.63, 3.8) is 0 Å². The molecule has 0 aliphatic heterocycles. The Balaban J connectivity index is 1.80. The Hall–Kier alpha value is -2.76. The van der Waals surface area contributed by atoms with Crippen LogP contribution in [-0.2, 0) is 6.54 Å². The number of benzene rings is 1. The average molecular weight is 343 g/mol. The van der Waals surface area contributed by atoms with Crippen molar-refractivity contribution >= 4 is 6.03 Å². The van der Waals surface area contributed by atoms with E-state index in [1.807, 2.05) is 51.1 Å². The molecule has 0 aliphatic carbocycles. The lowest BCUT2D eigenvalue weighted by Crippen LogP contribution is -2.40. The number of nitrogens with zero attached hydrogens (tertiary/aromatic N) is 1. The van der Waals surface area contributed by atoms with E-state index in [4.69, 9.17) is 4.74 Å². The number of aromatic nitrogens is 1. The molecular weight excluding hydrogens is 318 g/mol. The van der Waals surface area contributed by atoms with Crippen LogP contribution in [0, 0.1) is 20.8 Å². The fraction of sp³-hybridized carbons (Fsp3) is 0.368. The van der Waals surface area contributed by atoms with Crippen LogP contribution in [0.3, 0.4) is 0 Å². The van der Waals surface area contributed by atoms with Crippen molar-refractivity contribution in [2.45, 2.75) is 27.3 Å². The minimum atomic E-state index is -0.244.